The summed E-state index contributed by atoms with van der Waals surface area (Å²) in [5, 5.41) is 13.9. The van der Waals surface area contributed by atoms with Crippen LogP contribution in [-0.2, 0) is 4.79 Å². The van der Waals surface area contributed by atoms with E-state index in [1.807, 2.05) is 0 Å². The van der Waals surface area contributed by atoms with Crippen LogP contribution < -0.4 is 22.1 Å². The first-order valence-corrected chi connectivity index (χ1v) is 8.25. The lowest BCUT2D eigenvalue weighted by molar-refractivity contribution is -0.118. The Hall–Kier alpha value is -2.62. The van der Waals surface area contributed by atoms with E-state index in [-0.39, 0.29) is 23.2 Å². The molecule has 1 heterocycles. The molecule has 0 unspecified atom stereocenters. The molecule has 7 N–H and O–H groups in total. The van der Waals surface area contributed by atoms with Gasteiger partial charge in [0.15, 0.2) is 11.5 Å². The van der Waals surface area contributed by atoms with E-state index in [0.29, 0.717) is 17.2 Å². The SMILES string of the molecule is CC[C@@H](Nc1cnc(C(N)=O)c(N/C(S)=C/C(=N)C2CC2)n1)C(N)=O. The van der Waals surface area contributed by atoms with Crippen LogP contribution in [0, 0.1) is 11.3 Å². The van der Waals surface area contributed by atoms with Gasteiger partial charge in [0.1, 0.15) is 11.9 Å². The third-order valence-electron chi connectivity index (χ3n) is 3.64. The van der Waals surface area contributed by atoms with Crippen LogP contribution in [0.15, 0.2) is 17.3 Å². The minimum atomic E-state index is -0.762. The number of primary amides is 2. The van der Waals surface area contributed by atoms with Gasteiger partial charge in [-0.2, -0.15) is 0 Å². The van der Waals surface area contributed by atoms with Crippen molar-refractivity contribution in [2.45, 2.75) is 32.2 Å². The van der Waals surface area contributed by atoms with Crippen molar-refractivity contribution < 1.29 is 9.59 Å². The number of nitrogens with zero attached hydrogens (tertiary/aromatic N) is 2. The van der Waals surface area contributed by atoms with Crippen LogP contribution in [0.25, 0.3) is 0 Å². The number of hydrogen-bond donors (Lipinski definition) is 6. The predicted molar refractivity (Wildman–Crippen MR) is 98.6 cm³/mol. The molecule has 0 saturated heterocycles. The second-order valence-electron chi connectivity index (χ2n) is 5.71. The molecule has 1 aromatic heterocycles. The molecular weight excluding hydrogens is 342 g/mol. The molecule has 9 nitrogen and oxygen atoms in total. The average Bonchev–Trinajstić information content (AvgIpc) is 3.36. The molecule has 1 aliphatic carbocycles. The summed E-state index contributed by atoms with van der Waals surface area (Å²) in [6.45, 7) is 1.80. The summed E-state index contributed by atoms with van der Waals surface area (Å²) in [5.41, 5.74) is 11.0. The summed E-state index contributed by atoms with van der Waals surface area (Å²) in [5.74, 6) is -0.676. The highest BCUT2D eigenvalue weighted by Crippen LogP contribution is 2.31. The van der Waals surface area contributed by atoms with Gasteiger partial charge in [-0.1, -0.05) is 6.92 Å². The van der Waals surface area contributed by atoms with Gasteiger partial charge < -0.3 is 27.5 Å². The molecular formula is C15H21N7O2S. The molecule has 2 amide bonds. The van der Waals surface area contributed by atoms with Gasteiger partial charge in [-0.15, -0.1) is 12.6 Å². The molecule has 10 heteroatoms. The van der Waals surface area contributed by atoms with E-state index in [4.69, 9.17) is 16.9 Å². The molecule has 134 valence electrons. The number of rotatable bonds is 9. The fraction of sp³-hybridized carbons (Fsp3) is 0.400. The van der Waals surface area contributed by atoms with Crippen LogP contribution >= 0.6 is 12.6 Å². The van der Waals surface area contributed by atoms with Gasteiger partial charge in [-0.25, -0.2) is 9.97 Å². The van der Waals surface area contributed by atoms with E-state index in [1.54, 1.807) is 13.0 Å². The van der Waals surface area contributed by atoms with E-state index >= 15 is 0 Å². The Labute approximate surface area is 150 Å². The standard InChI is InChI=1S/C15H21N7O2S/c1-2-9(13(17)23)20-10-6-19-12(14(18)24)15(21-10)22-11(25)5-8(16)7-3-4-7/h5-7,9,16,25H,2-4H2,1H3,(H2,17,23)(H2,18,24)(H2,20,21,22)/b11-5-,16-8?/t9-/m1/s1. The van der Waals surface area contributed by atoms with Gasteiger partial charge in [0.2, 0.25) is 5.91 Å². The third-order valence-corrected chi connectivity index (χ3v) is 3.88. The van der Waals surface area contributed by atoms with E-state index in [9.17, 15) is 9.59 Å². The van der Waals surface area contributed by atoms with Gasteiger partial charge in [0.25, 0.3) is 5.91 Å². The summed E-state index contributed by atoms with van der Waals surface area (Å²) in [6, 6.07) is -0.615. The van der Waals surface area contributed by atoms with Crippen molar-refractivity contribution in [3.05, 3.63) is 23.0 Å². The number of carbonyl (C=O) groups is 2. The highest BCUT2D eigenvalue weighted by atomic mass is 32.1. The summed E-state index contributed by atoms with van der Waals surface area (Å²) in [7, 11) is 0. The lowest BCUT2D eigenvalue weighted by atomic mass is 10.2. The maximum Gasteiger partial charge on any atom is 0.271 e. The molecule has 25 heavy (non-hydrogen) atoms. The number of hydrogen-bond acceptors (Lipinski definition) is 8. The Balaban J connectivity index is 2.23. The van der Waals surface area contributed by atoms with Crippen LogP contribution in [-0.4, -0.2) is 33.5 Å². The fourth-order valence-corrected chi connectivity index (χ4v) is 2.34. The van der Waals surface area contributed by atoms with Gasteiger partial charge in [0, 0.05) is 11.6 Å². The van der Waals surface area contributed by atoms with Crippen molar-refractivity contribution in [2.24, 2.45) is 17.4 Å². The van der Waals surface area contributed by atoms with Crippen LogP contribution in [0.5, 0.6) is 0 Å². The minimum absolute atomic E-state index is 0.0735. The highest BCUT2D eigenvalue weighted by Gasteiger charge is 2.25. The van der Waals surface area contributed by atoms with Crippen molar-refractivity contribution in [2.75, 3.05) is 10.6 Å². The van der Waals surface area contributed by atoms with Crippen molar-refractivity contribution in [1.29, 1.82) is 5.41 Å². The van der Waals surface area contributed by atoms with Crippen molar-refractivity contribution in [3.63, 3.8) is 0 Å². The minimum Gasteiger partial charge on any atom is -0.368 e. The molecule has 0 bridgehead atoms. The number of amides is 2. The summed E-state index contributed by atoms with van der Waals surface area (Å²) in [4.78, 5) is 31.1. The van der Waals surface area contributed by atoms with Gasteiger partial charge in [-0.05, 0) is 25.3 Å². The van der Waals surface area contributed by atoms with Crippen LogP contribution in [0.1, 0.15) is 36.7 Å². The quantitative estimate of drug-likeness (QED) is 0.282. The monoisotopic (exact) mass is 363 g/mol. The number of nitrogens with two attached hydrogens (primary N) is 2. The molecule has 2 rings (SSSR count). The maximum absolute atomic E-state index is 11.5. The molecule has 1 aliphatic rings. The molecule has 0 aromatic carbocycles. The Kier molecular flexibility index (Phi) is 5.97. The van der Waals surface area contributed by atoms with Crippen LogP contribution in [0.4, 0.5) is 11.6 Å². The van der Waals surface area contributed by atoms with Crippen molar-refractivity contribution >= 4 is 41.8 Å². The maximum atomic E-state index is 11.5. The topological polar surface area (TPSA) is 160 Å². The first-order chi connectivity index (χ1) is 11.8. The highest BCUT2D eigenvalue weighted by molar-refractivity contribution is 7.84. The Morgan fingerprint density at radius 3 is 2.68 bits per heavy atom. The number of carbonyl (C=O) groups excluding carboxylic acids is 2. The number of nitrogens with one attached hydrogen (secondary N) is 3. The predicted octanol–water partition coefficient (Wildman–Crippen LogP) is 0.864. The third kappa shape index (κ3) is 5.18. The molecule has 0 radical (unpaired) electrons. The zero-order valence-corrected chi connectivity index (χ0v) is 14.6. The second-order valence-corrected chi connectivity index (χ2v) is 6.19. The van der Waals surface area contributed by atoms with E-state index in [0.717, 1.165) is 12.8 Å². The van der Waals surface area contributed by atoms with Crippen LogP contribution in [0.2, 0.25) is 0 Å². The summed E-state index contributed by atoms with van der Waals surface area (Å²) >= 11 is 4.27. The fourth-order valence-electron chi connectivity index (χ4n) is 2.10. The number of allylic oxidation sites excluding steroid dienone is 1. The molecule has 1 fully saturated rings. The van der Waals surface area contributed by atoms with Gasteiger partial charge in [-0.3, -0.25) is 9.59 Å². The number of thiol groups is 1. The molecule has 0 spiro atoms. The average molecular weight is 363 g/mol. The Bertz CT molecular complexity index is 731. The Morgan fingerprint density at radius 1 is 1.48 bits per heavy atom. The number of anilines is 2. The second kappa shape index (κ2) is 7.97. The lowest BCUT2D eigenvalue weighted by Crippen LogP contribution is -2.35. The van der Waals surface area contributed by atoms with Crippen molar-refractivity contribution in [3.8, 4) is 0 Å². The summed E-state index contributed by atoms with van der Waals surface area (Å²) in [6.07, 6.45) is 5.31. The molecule has 1 atom stereocenters. The van der Waals surface area contributed by atoms with E-state index in [2.05, 4.69) is 33.2 Å². The molecule has 1 saturated carbocycles. The molecule has 1 aromatic rings. The largest absolute Gasteiger partial charge is 0.368 e. The van der Waals surface area contributed by atoms with Crippen molar-refractivity contribution in [1.82, 2.24) is 9.97 Å². The summed E-state index contributed by atoms with van der Waals surface area (Å²) < 4.78 is 0. The van der Waals surface area contributed by atoms with E-state index in [1.165, 1.54) is 6.20 Å². The smallest absolute Gasteiger partial charge is 0.271 e. The lowest BCUT2D eigenvalue weighted by Gasteiger charge is -2.15. The normalized spacial score (nSPS) is 15.4. The van der Waals surface area contributed by atoms with E-state index < -0.39 is 17.9 Å². The van der Waals surface area contributed by atoms with Crippen LogP contribution in [0.3, 0.4) is 0 Å². The Morgan fingerprint density at radius 2 is 2.16 bits per heavy atom. The van der Waals surface area contributed by atoms with Gasteiger partial charge >= 0.3 is 0 Å². The number of aromatic nitrogens is 2. The first-order valence-electron chi connectivity index (χ1n) is 7.80. The van der Waals surface area contributed by atoms with Gasteiger partial charge in [0.05, 0.1) is 11.2 Å². The molecule has 0 aliphatic heterocycles. The zero-order valence-electron chi connectivity index (χ0n) is 13.7. The first kappa shape index (κ1) is 18.7. The zero-order chi connectivity index (χ0) is 18.6.